The number of halogens is 1. The van der Waals surface area contributed by atoms with Crippen molar-refractivity contribution in [2.45, 2.75) is 24.7 Å². The molecule has 0 saturated heterocycles. The molecule has 4 aromatic rings. The Hall–Kier alpha value is -3.60. The van der Waals surface area contributed by atoms with E-state index in [1.165, 1.54) is 11.8 Å². The zero-order valence-corrected chi connectivity index (χ0v) is 19.8. The SMILES string of the molecule is N#CCSc1nc2cc(C(=O)NCc3cccc(Cl)c3)ccc2c(=O)n1CCc1ccccc1. The summed E-state index contributed by atoms with van der Waals surface area (Å²) in [6, 6.07) is 24.1. The molecule has 0 bridgehead atoms. The van der Waals surface area contributed by atoms with Crippen molar-refractivity contribution in [2.75, 3.05) is 5.75 Å². The van der Waals surface area contributed by atoms with E-state index in [2.05, 4.69) is 16.4 Å². The van der Waals surface area contributed by atoms with Crippen LogP contribution >= 0.6 is 23.4 Å². The number of benzene rings is 3. The Labute approximate surface area is 206 Å². The third-order valence-electron chi connectivity index (χ3n) is 5.26. The maximum Gasteiger partial charge on any atom is 0.262 e. The Morgan fingerprint density at radius 1 is 1.06 bits per heavy atom. The molecule has 0 aliphatic heterocycles. The summed E-state index contributed by atoms with van der Waals surface area (Å²) in [6.07, 6.45) is 0.665. The quantitative estimate of drug-likeness (QED) is 0.283. The van der Waals surface area contributed by atoms with Gasteiger partial charge >= 0.3 is 0 Å². The molecular formula is C26H21ClN4O2S. The lowest BCUT2D eigenvalue weighted by molar-refractivity contribution is 0.0951. The van der Waals surface area contributed by atoms with Crippen LogP contribution in [0.15, 0.2) is 82.7 Å². The minimum Gasteiger partial charge on any atom is -0.348 e. The number of fused-ring (bicyclic) bond motifs is 1. The highest BCUT2D eigenvalue weighted by atomic mass is 35.5. The first-order chi connectivity index (χ1) is 16.5. The number of rotatable bonds is 8. The van der Waals surface area contributed by atoms with Crippen molar-refractivity contribution in [2.24, 2.45) is 0 Å². The fourth-order valence-electron chi connectivity index (χ4n) is 3.56. The van der Waals surface area contributed by atoms with Crippen molar-refractivity contribution >= 4 is 40.2 Å². The van der Waals surface area contributed by atoms with Gasteiger partial charge in [-0.2, -0.15) is 5.26 Å². The van der Waals surface area contributed by atoms with E-state index in [0.29, 0.717) is 46.2 Å². The number of nitrogens with zero attached hydrogens (tertiary/aromatic N) is 3. The predicted molar refractivity (Wildman–Crippen MR) is 135 cm³/mol. The molecule has 0 radical (unpaired) electrons. The van der Waals surface area contributed by atoms with E-state index in [1.54, 1.807) is 34.9 Å². The first-order valence-electron chi connectivity index (χ1n) is 10.7. The van der Waals surface area contributed by atoms with E-state index >= 15 is 0 Å². The molecule has 8 heteroatoms. The number of thioether (sulfide) groups is 1. The number of nitrogens with one attached hydrogen (secondary N) is 1. The molecule has 0 unspecified atom stereocenters. The van der Waals surface area contributed by atoms with Gasteiger partial charge in [-0.05, 0) is 47.9 Å². The monoisotopic (exact) mass is 488 g/mol. The van der Waals surface area contributed by atoms with Gasteiger partial charge in [-0.1, -0.05) is 65.8 Å². The van der Waals surface area contributed by atoms with Crippen LogP contribution in [0.3, 0.4) is 0 Å². The molecule has 1 amide bonds. The molecular weight excluding hydrogens is 468 g/mol. The number of aromatic nitrogens is 2. The molecule has 0 atom stereocenters. The summed E-state index contributed by atoms with van der Waals surface area (Å²) >= 11 is 7.22. The van der Waals surface area contributed by atoms with Gasteiger partial charge in [0.05, 0.1) is 22.7 Å². The standard InChI is InChI=1S/C26H21ClN4O2S/c27-21-8-4-7-19(15-21)17-29-24(32)20-9-10-22-23(16-20)30-26(34-14-12-28)31(25(22)33)13-11-18-5-2-1-3-6-18/h1-10,15-16H,11,13-14,17H2,(H,29,32). The molecule has 0 spiro atoms. The van der Waals surface area contributed by atoms with Crippen molar-refractivity contribution in [3.8, 4) is 6.07 Å². The highest BCUT2D eigenvalue weighted by molar-refractivity contribution is 7.99. The second-order valence-electron chi connectivity index (χ2n) is 7.58. The summed E-state index contributed by atoms with van der Waals surface area (Å²) < 4.78 is 1.61. The first kappa shape index (κ1) is 23.6. The van der Waals surface area contributed by atoms with Crippen LogP contribution in [0.4, 0.5) is 0 Å². The van der Waals surface area contributed by atoms with Gasteiger partial charge in [0, 0.05) is 23.7 Å². The molecule has 6 nitrogen and oxygen atoms in total. The van der Waals surface area contributed by atoms with Crippen molar-refractivity contribution in [3.63, 3.8) is 0 Å². The van der Waals surface area contributed by atoms with E-state index in [-0.39, 0.29) is 17.2 Å². The number of carbonyl (C=O) groups is 1. The minimum absolute atomic E-state index is 0.170. The van der Waals surface area contributed by atoms with Crippen LogP contribution in [0.5, 0.6) is 0 Å². The van der Waals surface area contributed by atoms with Crippen LogP contribution < -0.4 is 10.9 Å². The van der Waals surface area contributed by atoms with E-state index in [9.17, 15) is 9.59 Å². The predicted octanol–water partition coefficient (Wildman–Crippen LogP) is 4.84. The molecule has 0 fully saturated rings. The smallest absolute Gasteiger partial charge is 0.262 e. The van der Waals surface area contributed by atoms with E-state index in [1.807, 2.05) is 42.5 Å². The van der Waals surface area contributed by atoms with Crippen molar-refractivity contribution in [3.05, 3.63) is 105 Å². The van der Waals surface area contributed by atoms with Crippen LogP contribution in [-0.2, 0) is 19.5 Å². The molecule has 0 saturated carbocycles. The number of hydrogen-bond donors (Lipinski definition) is 1. The number of aryl methyl sites for hydroxylation is 1. The first-order valence-corrected chi connectivity index (χ1v) is 12.0. The van der Waals surface area contributed by atoms with Crippen LogP contribution in [-0.4, -0.2) is 21.2 Å². The molecule has 3 aromatic carbocycles. The lowest BCUT2D eigenvalue weighted by Gasteiger charge is -2.13. The van der Waals surface area contributed by atoms with E-state index in [0.717, 1.165) is 11.1 Å². The van der Waals surface area contributed by atoms with Crippen LogP contribution in [0.1, 0.15) is 21.5 Å². The largest absolute Gasteiger partial charge is 0.348 e. The molecule has 170 valence electrons. The molecule has 1 N–H and O–H groups in total. The number of carbonyl (C=O) groups excluding carboxylic acids is 1. The summed E-state index contributed by atoms with van der Waals surface area (Å²) in [5.41, 5.74) is 2.64. The Morgan fingerprint density at radius 2 is 1.85 bits per heavy atom. The maximum atomic E-state index is 13.3. The zero-order valence-electron chi connectivity index (χ0n) is 18.2. The van der Waals surface area contributed by atoms with Crippen molar-refractivity contribution in [1.82, 2.24) is 14.9 Å². The summed E-state index contributed by atoms with van der Waals surface area (Å²) in [7, 11) is 0. The molecule has 0 aliphatic rings. The van der Waals surface area contributed by atoms with E-state index < -0.39 is 0 Å². The van der Waals surface area contributed by atoms with Gasteiger partial charge in [0.2, 0.25) is 0 Å². The molecule has 34 heavy (non-hydrogen) atoms. The van der Waals surface area contributed by atoms with Crippen molar-refractivity contribution in [1.29, 1.82) is 5.26 Å². The molecule has 1 heterocycles. The van der Waals surface area contributed by atoms with Crippen LogP contribution in [0.2, 0.25) is 5.02 Å². The summed E-state index contributed by atoms with van der Waals surface area (Å²) in [5, 5.41) is 13.4. The average molecular weight is 489 g/mol. The summed E-state index contributed by atoms with van der Waals surface area (Å²) in [6.45, 7) is 0.774. The number of nitriles is 1. The Morgan fingerprint density at radius 3 is 2.62 bits per heavy atom. The highest BCUT2D eigenvalue weighted by Crippen LogP contribution is 2.19. The maximum absolute atomic E-state index is 13.3. The third kappa shape index (κ3) is 5.66. The Bertz CT molecular complexity index is 1430. The number of hydrogen-bond acceptors (Lipinski definition) is 5. The molecule has 4 rings (SSSR count). The zero-order chi connectivity index (χ0) is 23.9. The topological polar surface area (TPSA) is 87.8 Å². The van der Waals surface area contributed by atoms with Crippen molar-refractivity contribution < 1.29 is 4.79 Å². The third-order valence-corrected chi connectivity index (χ3v) is 6.34. The van der Waals surface area contributed by atoms with Gasteiger partial charge < -0.3 is 5.32 Å². The van der Waals surface area contributed by atoms with Gasteiger partial charge in [-0.3, -0.25) is 14.2 Å². The van der Waals surface area contributed by atoms with E-state index in [4.69, 9.17) is 16.9 Å². The van der Waals surface area contributed by atoms with Gasteiger partial charge in [0.1, 0.15) is 0 Å². The average Bonchev–Trinajstić information content (AvgIpc) is 2.86. The Balaban J connectivity index is 1.60. The van der Waals surface area contributed by atoms with Gasteiger partial charge in [-0.15, -0.1) is 0 Å². The second-order valence-corrected chi connectivity index (χ2v) is 8.96. The fourth-order valence-corrected chi connectivity index (χ4v) is 4.46. The Kier molecular flexibility index (Phi) is 7.63. The van der Waals surface area contributed by atoms with Gasteiger partial charge in [0.25, 0.3) is 11.5 Å². The minimum atomic E-state index is -0.275. The van der Waals surface area contributed by atoms with Gasteiger partial charge in [-0.25, -0.2) is 4.98 Å². The molecule has 1 aromatic heterocycles. The fraction of sp³-hybridized carbons (Fsp3) is 0.154. The number of amides is 1. The highest BCUT2D eigenvalue weighted by Gasteiger charge is 2.14. The normalized spacial score (nSPS) is 10.7. The van der Waals surface area contributed by atoms with Crippen LogP contribution in [0, 0.1) is 11.3 Å². The molecule has 0 aliphatic carbocycles. The van der Waals surface area contributed by atoms with Crippen LogP contribution in [0.25, 0.3) is 10.9 Å². The summed E-state index contributed by atoms with van der Waals surface area (Å²) in [4.78, 5) is 30.6. The lowest BCUT2D eigenvalue weighted by Crippen LogP contribution is -2.25. The van der Waals surface area contributed by atoms with Gasteiger partial charge in [0.15, 0.2) is 5.16 Å². The second kappa shape index (κ2) is 11.0. The summed E-state index contributed by atoms with van der Waals surface area (Å²) in [5.74, 6) is -0.105. The lowest BCUT2D eigenvalue weighted by atomic mass is 10.1.